The van der Waals surface area contributed by atoms with Crippen LogP contribution in [-0.2, 0) is 10.0 Å². The Hall–Kier alpha value is -1.07. The van der Waals surface area contributed by atoms with Crippen molar-refractivity contribution in [2.45, 2.75) is 25.2 Å². The molecule has 1 aromatic rings. The van der Waals surface area contributed by atoms with Crippen LogP contribution in [0, 0.1) is 11.8 Å². The van der Waals surface area contributed by atoms with Crippen molar-refractivity contribution < 1.29 is 8.42 Å². The number of rotatable bonds is 4. The van der Waals surface area contributed by atoms with Gasteiger partial charge in [-0.1, -0.05) is 13.8 Å². The summed E-state index contributed by atoms with van der Waals surface area (Å²) in [6.07, 6.45) is 0.964. The lowest BCUT2D eigenvalue weighted by Gasteiger charge is -2.18. The molecule has 0 amide bonds. The zero-order valence-corrected chi connectivity index (χ0v) is 12.6. The second-order valence-corrected chi connectivity index (χ2v) is 7.37. The molecule has 0 spiro atoms. The molecule has 1 heterocycles. The van der Waals surface area contributed by atoms with Crippen molar-refractivity contribution in [1.82, 2.24) is 4.31 Å². The van der Waals surface area contributed by atoms with Crippen LogP contribution in [0.1, 0.15) is 20.3 Å². The van der Waals surface area contributed by atoms with Crippen molar-refractivity contribution in [3.63, 3.8) is 0 Å². The predicted octanol–water partition coefficient (Wildman–Crippen LogP) is 2.39. The van der Waals surface area contributed by atoms with Crippen LogP contribution >= 0.6 is 0 Å². The van der Waals surface area contributed by atoms with Crippen LogP contribution in [0.25, 0.3) is 0 Å². The van der Waals surface area contributed by atoms with E-state index in [9.17, 15) is 8.42 Å². The van der Waals surface area contributed by atoms with E-state index in [2.05, 4.69) is 19.2 Å². The van der Waals surface area contributed by atoms with Gasteiger partial charge >= 0.3 is 0 Å². The molecule has 5 heteroatoms. The number of nitrogens with zero attached hydrogens (tertiary/aromatic N) is 1. The van der Waals surface area contributed by atoms with E-state index in [1.807, 2.05) is 7.05 Å². The smallest absolute Gasteiger partial charge is 0.243 e. The summed E-state index contributed by atoms with van der Waals surface area (Å²) in [6.45, 7) is 5.59. The molecule has 106 valence electrons. The highest BCUT2D eigenvalue weighted by atomic mass is 32.2. The lowest BCUT2D eigenvalue weighted by Crippen LogP contribution is -2.29. The molecule has 19 heavy (non-hydrogen) atoms. The molecule has 1 N–H and O–H groups in total. The van der Waals surface area contributed by atoms with E-state index in [0.29, 0.717) is 29.8 Å². The minimum Gasteiger partial charge on any atom is -0.388 e. The van der Waals surface area contributed by atoms with Crippen LogP contribution < -0.4 is 5.32 Å². The molecule has 4 nitrogen and oxygen atoms in total. The van der Waals surface area contributed by atoms with E-state index < -0.39 is 10.0 Å². The van der Waals surface area contributed by atoms with E-state index in [1.54, 1.807) is 28.6 Å². The van der Waals surface area contributed by atoms with Gasteiger partial charge < -0.3 is 5.32 Å². The molecule has 0 radical (unpaired) electrons. The molecular weight excluding hydrogens is 260 g/mol. The third-order valence-corrected chi connectivity index (χ3v) is 5.79. The first-order valence-corrected chi connectivity index (χ1v) is 8.17. The molecule has 1 aromatic carbocycles. The standard InChI is InChI=1S/C14H22N2O2S/c1-11(2)12-8-9-16(10-12)19(17,18)14-6-4-13(15-3)5-7-14/h4-7,11-12,15H,8-10H2,1-3H3. The van der Waals surface area contributed by atoms with Crippen LogP contribution in [0.3, 0.4) is 0 Å². The minimum absolute atomic E-state index is 0.385. The second-order valence-electron chi connectivity index (χ2n) is 5.43. The first kappa shape index (κ1) is 14.3. The van der Waals surface area contributed by atoms with Gasteiger partial charge in [0.05, 0.1) is 4.90 Å². The number of sulfonamides is 1. The van der Waals surface area contributed by atoms with E-state index >= 15 is 0 Å². The highest BCUT2D eigenvalue weighted by Gasteiger charge is 2.33. The molecule has 2 rings (SSSR count). The Kier molecular flexibility index (Phi) is 4.16. The predicted molar refractivity (Wildman–Crippen MR) is 77.7 cm³/mol. The fourth-order valence-electron chi connectivity index (χ4n) is 2.46. The largest absolute Gasteiger partial charge is 0.388 e. The number of anilines is 1. The van der Waals surface area contributed by atoms with Gasteiger partial charge in [-0.2, -0.15) is 4.31 Å². The Bertz CT molecular complexity index is 523. The van der Waals surface area contributed by atoms with E-state index in [-0.39, 0.29) is 0 Å². The molecule has 1 saturated heterocycles. The monoisotopic (exact) mass is 282 g/mol. The van der Waals surface area contributed by atoms with Gasteiger partial charge in [0.2, 0.25) is 10.0 Å². The normalized spacial score (nSPS) is 20.9. The first-order chi connectivity index (χ1) is 8.95. The Labute approximate surface area is 115 Å². The van der Waals surface area contributed by atoms with E-state index in [1.165, 1.54) is 0 Å². The highest BCUT2D eigenvalue weighted by molar-refractivity contribution is 7.89. The van der Waals surface area contributed by atoms with Gasteiger partial charge in [-0.3, -0.25) is 0 Å². The summed E-state index contributed by atoms with van der Waals surface area (Å²) in [6, 6.07) is 6.93. The number of hydrogen-bond donors (Lipinski definition) is 1. The lowest BCUT2D eigenvalue weighted by atomic mass is 9.96. The van der Waals surface area contributed by atoms with Crippen LogP contribution in [0.5, 0.6) is 0 Å². The van der Waals surface area contributed by atoms with Crippen molar-refractivity contribution >= 4 is 15.7 Å². The highest BCUT2D eigenvalue weighted by Crippen LogP contribution is 2.28. The second kappa shape index (κ2) is 5.51. The molecule has 1 aliphatic heterocycles. The summed E-state index contributed by atoms with van der Waals surface area (Å²) in [4.78, 5) is 0.385. The van der Waals surface area contributed by atoms with Crippen molar-refractivity contribution in [3.8, 4) is 0 Å². The maximum Gasteiger partial charge on any atom is 0.243 e. The zero-order valence-electron chi connectivity index (χ0n) is 11.8. The molecule has 1 unspecified atom stereocenters. The zero-order chi connectivity index (χ0) is 14.0. The average Bonchev–Trinajstić information content (AvgIpc) is 2.89. The average molecular weight is 282 g/mol. The van der Waals surface area contributed by atoms with E-state index in [0.717, 1.165) is 12.1 Å². The molecule has 0 aliphatic carbocycles. The maximum atomic E-state index is 12.5. The molecule has 1 atom stereocenters. The first-order valence-electron chi connectivity index (χ1n) is 6.73. The van der Waals surface area contributed by atoms with Gasteiger partial charge in [-0.15, -0.1) is 0 Å². The van der Waals surface area contributed by atoms with E-state index in [4.69, 9.17) is 0 Å². The Balaban J connectivity index is 2.18. The maximum absolute atomic E-state index is 12.5. The Morgan fingerprint density at radius 2 is 1.89 bits per heavy atom. The number of nitrogens with one attached hydrogen (secondary N) is 1. The summed E-state index contributed by atoms with van der Waals surface area (Å²) in [5.41, 5.74) is 0.917. The van der Waals surface area contributed by atoms with Crippen LogP contribution in [0.2, 0.25) is 0 Å². The SMILES string of the molecule is CNc1ccc(S(=O)(=O)N2CCC(C(C)C)C2)cc1. The Morgan fingerprint density at radius 1 is 1.26 bits per heavy atom. The summed E-state index contributed by atoms with van der Waals surface area (Å²) in [7, 11) is -1.51. The van der Waals surface area contributed by atoms with Crippen LogP contribution in [-0.4, -0.2) is 32.9 Å². The summed E-state index contributed by atoms with van der Waals surface area (Å²) < 4.78 is 26.6. The molecule has 0 saturated carbocycles. The molecule has 1 fully saturated rings. The third kappa shape index (κ3) is 2.92. The van der Waals surface area contributed by atoms with Crippen molar-refractivity contribution in [2.24, 2.45) is 11.8 Å². The van der Waals surface area contributed by atoms with Gasteiger partial charge in [0, 0.05) is 25.8 Å². The fourth-order valence-corrected chi connectivity index (χ4v) is 3.97. The summed E-state index contributed by atoms with van der Waals surface area (Å²) >= 11 is 0. The molecule has 1 aliphatic rings. The summed E-state index contributed by atoms with van der Waals surface area (Å²) in [5.74, 6) is 1.01. The van der Waals surface area contributed by atoms with Crippen molar-refractivity contribution in [1.29, 1.82) is 0 Å². The quantitative estimate of drug-likeness (QED) is 0.922. The number of hydrogen-bond acceptors (Lipinski definition) is 3. The van der Waals surface area contributed by atoms with Crippen molar-refractivity contribution in [3.05, 3.63) is 24.3 Å². The van der Waals surface area contributed by atoms with Gasteiger partial charge in [-0.25, -0.2) is 8.42 Å². The lowest BCUT2D eigenvalue weighted by molar-refractivity contribution is 0.388. The topological polar surface area (TPSA) is 49.4 Å². The minimum atomic E-state index is -3.32. The Morgan fingerprint density at radius 3 is 2.37 bits per heavy atom. The van der Waals surface area contributed by atoms with Crippen LogP contribution in [0.15, 0.2) is 29.2 Å². The van der Waals surface area contributed by atoms with Gasteiger partial charge in [-0.05, 0) is 42.5 Å². The van der Waals surface area contributed by atoms with Gasteiger partial charge in [0.1, 0.15) is 0 Å². The van der Waals surface area contributed by atoms with Crippen LogP contribution in [0.4, 0.5) is 5.69 Å². The molecule has 0 aromatic heterocycles. The number of benzene rings is 1. The van der Waals surface area contributed by atoms with Gasteiger partial charge in [0.25, 0.3) is 0 Å². The summed E-state index contributed by atoms with van der Waals surface area (Å²) in [5, 5.41) is 2.99. The third-order valence-electron chi connectivity index (χ3n) is 3.91. The molecule has 0 bridgehead atoms. The van der Waals surface area contributed by atoms with Crippen molar-refractivity contribution in [2.75, 3.05) is 25.5 Å². The molecular formula is C14H22N2O2S. The van der Waals surface area contributed by atoms with Gasteiger partial charge in [0.15, 0.2) is 0 Å². The fraction of sp³-hybridized carbons (Fsp3) is 0.571.